The second-order valence-corrected chi connectivity index (χ2v) is 6.51. The van der Waals surface area contributed by atoms with E-state index in [0.717, 1.165) is 27.7 Å². The molecule has 0 fully saturated rings. The largest absolute Gasteiger partial charge is 0.478 e. The second-order valence-electron chi connectivity index (χ2n) is 6.07. The van der Waals surface area contributed by atoms with E-state index in [0.29, 0.717) is 11.4 Å². The minimum atomic E-state index is -0.966. The van der Waals surface area contributed by atoms with E-state index in [1.54, 1.807) is 18.3 Å². The SMILES string of the molecule is O=C(O)c1cc(Cl)ccc1Cc1ccc2c(ccn2-c2cccnc2)c1. The highest BCUT2D eigenvalue weighted by Gasteiger charge is 2.12. The Morgan fingerprint density at radius 3 is 2.77 bits per heavy atom. The molecule has 2 aromatic heterocycles. The molecule has 4 nitrogen and oxygen atoms in total. The predicted molar refractivity (Wildman–Crippen MR) is 102 cm³/mol. The van der Waals surface area contributed by atoms with Gasteiger partial charge < -0.3 is 9.67 Å². The number of carboxylic acids is 1. The van der Waals surface area contributed by atoms with Crippen molar-refractivity contribution in [1.82, 2.24) is 9.55 Å². The number of pyridine rings is 1. The van der Waals surface area contributed by atoms with Gasteiger partial charge in [-0.05, 0) is 60.0 Å². The first kappa shape index (κ1) is 16.4. The molecule has 2 aromatic carbocycles. The zero-order valence-electron chi connectivity index (χ0n) is 13.8. The lowest BCUT2D eigenvalue weighted by molar-refractivity contribution is 0.0696. The van der Waals surface area contributed by atoms with Crippen LogP contribution in [-0.2, 0) is 6.42 Å². The average Bonchev–Trinajstić information content (AvgIpc) is 3.07. The van der Waals surface area contributed by atoms with E-state index in [9.17, 15) is 9.90 Å². The van der Waals surface area contributed by atoms with E-state index < -0.39 is 5.97 Å². The van der Waals surface area contributed by atoms with Crippen LogP contribution in [0.4, 0.5) is 0 Å². The molecule has 4 rings (SSSR count). The molecule has 0 aliphatic rings. The van der Waals surface area contributed by atoms with E-state index in [2.05, 4.69) is 15.6 Å². The monoisotopic (exact) mass is 362 g/mol. The van der Waals surface area contributed by atoms with Gasteiger partial charge in [-0.15, -0.1) is 0 Å². The Kier molecular flexibility index (Phi) is 4.19. The van der Waals surface area contributed by atoms with Gasteiger partial charge in [0, 0.05) is 22.8 Å². The van der Waals surface area contributed by atoms with Crippen LogP contribution in [0.3, 0.4) is 0 Å². The van der Waals surface area contributed by atoms with Crippen molar-refractivity contribution < 1.29 is 9.90 Å². The summed E-state index contributed by atoms with van der Waals surface area (Å²) in [5.41, 5.74) is 4.11. The Labute approximate surface area is 155 Å². The van der Waals surface area contributed by atoms with Crippen LogP contribution in [-0.4, -0.2) is 20.6 Å². The maximum absolute atomic E-state index is 11.5. The van der Waals surface area contributed by atoms with E-state index in [4.69, 9.17) is 11.6 Å². The number of benzene rings is 2. The lowest BCUT2D eigenvalue weighted by Crippen LogP contribution is -2.03. The molecule has 0 aliphatic heterocycles. The topological polar surface area (TPSA) is 55.1 Å². The summed E-state index contributed by atoms with van der Waals surface area (Å²) in [6, 6.07) is 17.1. The fourth-order valence-electron chi connectivity index (χ4n) is 3.15. The van der Waals surface area contributed by atoms with E-state index >= 15 is 0 Å². The third-order valence-electron chi connectivity index (χ3n) is 4.38. The highest BCUT2D eigenvalue weighted by atomic mass is 35.5. The highest BCUT2D eigenvalue weighted by Crippen LogP contribution is 2.24. The molecule has 1 N–H and O–H groups in total. The number of fused-ring (bicyclic) bond motifs is 1. The maximum Gasteiger partial charge on any atom is 0.336 e. The third-order valence-corrected chi connectivity index (χ3v) is 4.61. The van der Waals surface area contributed by atoms with Gasteiger partial charge in [0.25, 0.3) is 0 Å². The van der Waals surface area contributed by atoms with Crippen LogP contribution < -0.4 is 0 Å². The molecule has 0 saturated heterocycles. The average molecular weight is 363 g/mol. The van der Waals surface area contributed by atoms with Gasteiger partial charge in [0.1, 0.15) is 0 Å². The molecule has 128 valence electrons. The first-order valence-corrected chi connectivity index (χ1v) is 8.52. The quantitative estimate of drug-likeness (QED) is 0.557. The summed E-state index contributed by atoms with van der Waals surface area (Å²) in [4.78, 5) is 15.6. The molecule has 0 spiro atoms. The highest BCUT2D eigenvalue weighted by molar-refractivity contribution is 6.31. The van der Waals surface area contributed by atoms with Crippen molar-refractivity contribution in [3.05, 3.63) is 94.9 Å². The Balaban J connectivity index is 1.71. The Bertz CT molecular complexity index is 1100. The van der Waals surface area contributed by atoms with Crippen LogP contribution in [0.5, 0.6) is 0 Å². The van der Waals surface area contributed by atoms with E-state index in [1.165, 1.54) is 6.07 Å². The standard InChI is InChI=1S/C21H15ClN2O2/c22-17-5-4-15(19(12-17)21(25)26)10-14-3-6-20-16(11-14)7-9-24(20)18-2-1-8-23-13-18/h1-9,11-13H,10H2,(H,25,26). The normalized spacial score (nSPS) is 11.0. The van der Waals surface area contributed by atoms with Gasteiger partial charge in [-0.2, -0.15) is 0 Å². The summed E-state index contributed by atoms with van der Waals surface area (Å²) >= 11 is 5.93. The molecule has 5 heteroatoms. The molecule has 0 saturated carbocycles. The third kappa shape index (κ3) is 3.07. The van der Waals surface area contributed by atoms with Crippen molar-refractivity contribution >= 4 is 28.5 Å². The van der Waals surface area contributed by atoms with Crippen LogP contribution in [0.15, 0.2) is 73.2 Å². The fourth-order valence-corrected chi connectivity index (χ4v) is 3.32. The molecular formula is C21H15ClN2O2. The zero-order valence-corrected chi connectivity index (χ0v) is 14.5. The molecule has 0 bridgehead atoms. The van der Waals surface area contributed by atoms with E-state index in [-0.39, 0.29) is 5.56 Å². The van der Waals surface area contributed by atoms with E-state index in [1.807, 2.05) is 42.7 Å². The summed E-state index contributed by atoms with van der Waals surface area (Å²) in [6.45, 7) is 0. The number of aromatic carboxylic acids is 1. The number of halogens is 1. The molecule has 2 heterocycles. The van der Waals surface area contributed by atoms with Crippen molar-refractivity contribution in [3.8, 4) is 5.69 Å². The summed E-state index contributed by atoms with van der Waals surface area (Å²) in [5, 5.41) is 10.9. The number of carbonyl (C=O) groups is 1. The lowest BCUT2D eigenvalue weighted by atomic mass is 9.99. The first-order valence-electron chi connectivity index (χ1n) is 8.14. The molecule has 0 amide bonds. The molecule has 0 aliphatic carbocycles. The molecule has 4 aromatic rings. The van der Waals surface area contributed by atoms with Crippen LogP contribution in [0, 0.1) is 0 Å². The number of rotatable bonds is 4. The number of hydrogen-bond donors (Lipinski definition) is 1. The van der Waals surface area contributed by atoms with Gasteiger partial charge >= 0.3 is 5.97 Å². The van der Waals surface area contributed by atoms with Crippen molar-refractivity contribution in [2.75, 3.05) is 0 Å². The van der Waals surface area contributed by atoms with Gasteiger partial charge in [-0.25, -0.2) is 4.79 Å². The molecule has 0 radical (unpaired) electrons. The van der Waals surface area contributed by atoms with Crippen molar-refractivity contribution in [1.29, 1.82) is 0 Å². The second kappa shape index (κ2) is 6.65. The van der Waals surface area contributed by atoms with Gasteiger partial charge in [0.15, 0.2) is 0 Å². The molecule has 0 unspecified atom stereocenters. The fraction of sp³-hybridized carbons (Fsp3) is 0.0476. The Morgan fingerprint density at radius 2 is 2.00 bits per heavy atom. The Hall–Kier alpha value is -3.11. The minimum absolute atomic E-state index is 0.241. The van der Waals surface area contributed by atoms with Gasteiger partial charge in [-0.1, -0.05) is 23.7 Å². The number of aromatic nitrogens is 2. The summed E-state index contributed by atoms with van der Waals surface area (Å²) in [5.74, 6) is -0.966. The summed E-state index contributed by atoms with van der Waals surface area (Å²) < 4.78 is 2.08. The number of nitrogens with zero attached hydrogens (tertiary/aromatic N) is 2. The first-order chi connectivity index (χ1) is 12.6. The van der Waals surface area contributed by atoms with Crippen LogP contribution in [0.25, 0.3) is 16.6 Å². The lowest BCUT2D eigenvalue weighted by Gasteiger charge is -2.08. The van der Waals surface area contributed by atoms with Crippen molar-refractivity contribution in [3.63, 3.8) is 0 Å². The predicted octanol–water partition coefficient (Wildman–Crippen LogP) is 4.97. The van der Waals surface area contributed by atoms with Crippen LogP contribution in [0.1, 0.15) is 21.5 Å². The molecule has 26 heavy (non-hydrogen) atoms. The van der Waals surface area contributed by atoms with Gasteiger partial charge in [0.05, 0.1) is 23.0 Å². The van der Waals surface area contributed by atoms with Crippen molar-refractivity contribution in [2.24, 2.45) is 0 Å². The van der Waals surface area contributed by atoms with Gasteiger partial charge in [0.2, 0.25) is 0 Å². The Morgan fingerprint density at radius 1 is 1.12 bits per heavy atom. The minimum Gasteiger partial charge on any atom is -0.478 e. The van der Waals surface area contributed by atoms with Gasteiger partial charge in [-0.3, -0.25) is 4.98 Å². The number of carboxylic acid groups (broad SMARTS) is 1. The maximum atomic E-state index is 11.5. The molecular weight excluding hydrogens is 348 g/mol. The number of hydrogen-bond acceptors (Lipinski definition) is 2. The van der Waals surface area contributed by atoms with Crippen LogP contribution >= 0.6 is 11.6 Å². The van der Waals surface area contributed by atoms with Crippen molar-refractivity contribution in [2.45, 2.75) is 6.42 Å². The zero-order chi connectivity index (χ0) is 18.1. The molecule has 0 atom stereocenters. The van der Waals surface area contributed by atoms with Crippen LogP contribution in [0.2, 0.25) is 5.02 Å². The summed E-state index contributed by atoms with van der Waals surface area (Å²) in [7, 11) is 0. The summed E-state index contributed by atoms with van der Waals surface area (Å²) in [6.07, 6.45) is 6.11. The smallest absolute Gasteiger partial charge is 0.336 e.